The van der Waals surface area contributed by atoms with Gasteiger partial charge in [0.2, 0.25) is 17.6 Å². The minimum atomic E-state index is -0.107. The van der Waals surface area contributed by atoms with Crippen molar-refractivity contribution in [3.05, 3.63) is 48.6 Å². The zero-order chi connectivity index (χ0) is 21.0. The lowest BCUT2D eigenvalue weighted by Crippen LogP contribution is -2.40. The van der Waals surface area contributed by atoms with E-state index >= 15 is 0 Å². The highest BCUT2D eigenvalue weighted by Crippen LogP contribution is 2.33. The first kappa shape index (κ1) is 19.5. The van der Waals surface area contributed by atoms with Gasteiger partial charge in [-0.3, -0.25) is 14.7 Å². The molecule has 2 aliphatic rings. The fourth-order valence-electron chi connectivity index (χ4n) is 3.91. The van der Waals surface area contributed by atoms with Crippen LogP contribution in [0.15, 0.2) is 47.2 Å². The molecule has 4 heterocycles. The Kier molecular flexibility index (Phi) is 5.49. The molecule has 5 rings (SSSR count). The summed E-state index contributed by atoms with van der Waals surface area (Å²) in [5.41, 5.74) is 1.57. The Labute approximate surface area is 179 Å². The van der Waals surface area contributed by atoms with Gasteiger partial charge in [0, 0.05) is 36.3 Å². The van der Waals surface area contributed by atoms with Crippen molar-refractivity contribution in [2.45, 2.75) is 19.4 Å². The van der Waals surface area contributed by atoms with Crippen LogP contribution in [0.5, 0.6) is 11.5 Å². The average molecular weight is 421 g/mol. The highest BCUT2D eigenvalue weighted by atomic mass is 16.6. The standard InChI is InChI=1S/C22H23N5O4/c28-22(24-17-3-4-18-19(12-17)30-11-10-29-18)16-2-1-9-27(13-16)14-20-25-21(26-31-20)15-5-7-23-8-6-15/h3-8,12,16H,1-2,9-11,13-14H2,(H,24,28)/t16-/m0/s1. The molecule has 0 spiro atoms. The Morgan fingerprint density at radius 1 is 1.13 bits per heavy atom. The summed E-state index contributed by atoms with van der Waals surface area (Å²) in [5.74, 6) is 2.35. The number of ether oxygens (including phenoxy) is 2. The predicted molar refractivity (Wildman–Crippen MR) is 112 cm³/mol. The number of benzene rings is 1. The first-order valence-corrected chi connectivity index (χ1v) is 10.4. The Balaban J connectivity index is 1.19. The van der Waals surface area contributed by atoms with Crippen LogP contribution in [-0.2, 0) is 11.3 Å². The monoisotopic (exact) mass is 421 g/mol. The molecule has 2 aromatic heterocycles. The number of carbonyl (C=O) groups is 1. The minimum Gasteiger partial charge on any atom is -0.486 e. The molecule has 1 aromatic carbocycles. The number of carbonyl (C=O) groups excluding carboxylic acids is 1. The Bertz CT molecular complexity index is 1060. The van der Waals surface area contributed by atoms with Crippen molar-refractivity contribution in [2.24, 2.45) is 5.92 Å². The van der Waals surface area contributed by atoms with Gasteiger partial charge in [-0.25, -0.2) is 0 Å². The molecule has 0 radical (unpaired) electrons. The number of nitrogens with one attached hydrogen (secondary N) is 1. The number of rotatable bonds is 5. The van der Waals surface area contributed by atoms with Crippen molar-refractivity contribution in [1.29, 1.82) is 0 Å². The van der Waals surface area contributed by atoms with E-state index in [9.17, 15) is 4.79 Å². The van der Waals surface area contributed by atoms with Gasteiger partial charge in [0.25, 0.3) is 0 Å². The third kappa shape index (κ3) is 4.51. The van der Waals surface area contributed by atoms with Gasteiger partial charge in [0.05, 0.1) is 12.5 Å². The SMILES string of the molecule is O=C(Nc1ccc2c(c1)OCCO2)[C@H]1CCCN(Cc2nc(-c3ccncc3)no2)C1. The van der Waals surface area contributed by atoms with Crippen molar-refractivity contribution < 1.29 is 18.8 Å². The number of amides is 1. The smallest absolute Gasteiger partial charge is 0.241 e. The molecule has 160 valence electrons. The van der Waals surface area contributed by atoms with Gasteiger partial charge in [-0.2, -0.15) is 4.98 Å². The maximum atomic E-state index is 12.9. The molecule has 1 atom stereocenters. The van der Waals surface area contributed by atoms with Gasteiger partial charge in [0.1, 0.15) is 13.2 Å². The van der Waals surface area contributed by atoms with Crippen LogP contribution >= 0.6 is 0 Å². The largest absolute Gasteiger partial charge is 0.486 e. The summed E-state index contributed by atoms with van der Waals surface area (Å²) in [6, 6.07) is 9.16. The topological polar surface area (TPSA) is 103 Å². The highest BCUT2D eigenvalue weighted by Gasteiger charge is 2.27. The van der Waals surface area contributed by atoms with Crippen LogP contribution in [0.1, 0.15) is 18.7 Å². The first-order valence-electron chi connectivity index (χ1n) is 10.4. The molecule has 3 aromatic rings. The van der Waals surface area contributed by atoms with Gasteiger partial charge < -0.3 is 19.3 Å². The molecule has 0 unspecified atom stereocenters. The predicted octanol–water partition coefficient (Wildman–Crippen LogP) is 2.75. The second-order valence-corrected chi connectivity index (χ2v) is 7.67. The van der Waals surface area contributed by atoms with Gasteiger partial charge in [-0.15, -0.1) is 0 Å². The van der Waals surface area contributed by atoms with E-state index in [1.165, 1.54) is 0 Å². The van der Waals surface area contributed by atoms with Crippen molar-refractivity contribution in [2.75, 3.05) is 31.6 Å². The molecule has 1 N–H and O–H groups in total. The molecule has 0 aliphatic carbocycles. The van der Waals surface area contributed by atoms with Crippen LogP contribution in [-0.4, -0.2) is 52.2 Å². The average Bonchev–Trinajstić information content (AvgIpc) is 3.28. The number of anilines is 1. The Morgan fingerprint density at radius 3 is 2.84 bits per heavy atom. The summed E-state index contributed by atoms with van der Waals surface area (Å²) in [7, 11) is 0. The Hall–Kier alpha value is -3.46. The maximum absolute atomic E-state index is 12.9. The van der Waals surface area contributed by atoms with E-state index in [1.54, 1.807) is 12.4 Å². The molecule has 1 fully saturated rings. The number of hydrogen-bond acceptors (Lipinski definition) is 8. The number of aromatic nitrogens is 3. The molecule has 0 saturated carbocycles. The summed E-state index contributed by atoms with van der Waals surface area (Å²) in [6.07, 6.45) is 5.17. The fourth-order valence-corrected chi connectivity index (χ4v) is 3.91. The van der Waals surface area contributed by atoms with Gasteiger partial charge >= 0.3 is 0 Å². The highest BCUT2D eigenvalue weighted by molar-refractivity contribution is 5.93. The van der Waals surface area contributed by atoms with Crippen molar-refractivity contribution in [3.8, 4) is 22.9 Å². The van der Waals surface area contributed by atoms with E-state index in [2.05, 4.69) is 25.3 Å². The molecule has 31 heavy (non-hydrogen) atoms. The molecule has 2 aliphatic heterocycles. The third-order valence-electron chi connectivity index (χ3n) is 5.45. The summed E-state index contributed by atoms with van der Waals surface area (Å²) in [5, 5.41) is 7.07. The number of piperidine rings is 1. The zero-order valence-electron chi connectivity index (χ0n) is 17.0. The lowest BCUT2D eigenvalue weighted by molar-refractivity contribution is -0.121. The fraction of sp³-hybridized carbons (Fsp3) is 0.364. The normalized spacial score (nSPS) is 18.5. The summed E-state index contributed by atoms with van der Waals surface area (Å²) in [6.45, 7) is 3.11. The zero-order valence-corrected chi connectivity index (χ0v) is 17.0. The molecular formula is C22H23N5O4. The van der Waals surface area contributed by atoms with Crippen molar-refractivity contribution in [3.63, 3.8) is 0 Å². The summed E-state index contributed by atoms with van der Waals surface area (Å²) in [4.78, 5) is 23.5. The lowest BCUT2D eigenvalue weighted by atomic mass is 9.97. The molecule has 9 heteroatoms. The van der Waals surface area contributed by atoms with Gasteiger partial charge in [-0.05, 0) is 43.7 Å². The number of pyridine rings is 1. The molecule has 9 nitrogen and oxygen atoms in total. The van der Waals surface area contributed by atoms with Crippen LogP contribution in [0.2, 0.25) is 0 Å². The number of fused-ring (bicyclic) bond motifs is 1. The van der Waals surface area contributed by atoms with Crippen molar-refractivity contribution >= 4 is 11.6 Å². The van der Waals surface area contributed by atoms with Crippen LogP contribution < -0.4 is 14.8 Å². The van der Waals surface area contributed by atoms with E-state index < -0.39 is 0 Å². The molecule has 1 amide bonds. The number of nitrogens with zero attached hydrogens (tertiary/aromatic N) is 4. The number of hydrogen-bond donors (Lipinski definition) is 1. The maximum Gasteiger partial charge on any atom is 0.241 e. The quantitative estimate of drug-likeness (QED) is 0.671. The second-order valence-electron chi connectivity index (χ2n) is 7.67. The lowest BCUT2D eigenvalue weighted by Gasteiger charge is -2.31. The minimum absolute atomic E-state index is 0.00406. The van der Waals surface area contributed by atoms with E-state index in [1.807, 2.05) is 30.3 Å². The van der Waals surface area contributed by atoms with E-state index in [-0.39, 0.29) is 11.8 Å². The summed E-state index contributed by atoms with van der Waals surface area (Å²) < 4.78 is 16.5. The van der Waals surface area contributed by atoms with E-state index in [4.69, 9.17) is 14.0 Å². The van der Waals surface area contributed by atoms with Crippen LogP contribution in [0.4, 0.5) is 5.69 Å². The van der Waals surface area contributed by atoms with Crippen LogP contribution in [0.3, 0.4) is 0 Å². The molecule has 1 saturated heterocycles. The van der Waals surface area contributed by atoms with E-state index in [0.29, 0.717) is 55.2 Å². The summed E-state index contributed by atoms with van der Waals surface area (Å²) >= 11 is 0. The van der Waals surface area contributed by atoms with E-state index in [0.717, 1.165) is 24.9 Å². The van der Waals surface area contributed by atoms with Crippen LogP contribution in [0.25, 0.3) is 11.4 Å². The van der Waals surface area contributed by atoms with Crippen LogP contribution in [0, 0.1) is 5.92 Å². The Morgan fingerprint density at radius 2 is 1.97 bits per heavy atom. The van der Waals surface area contributed by atoms with Crippen molar-refractivity contribution in [1.82, 2.24) is 20.0 Å². The number of likely N-dealkylation sites (tertiary alicyclic amines) is 1. The van der Waals surface area contributed by atoms with Gasteiger partial charge in [-0.1, -0.05) is 5.16 Å². The third-order valence-corrected chi connectivity index (χ3v) is 5.45. The van der Waals surface area contributed by atoms with Gasteiger partial charge in [0.15, 0.2) is 11.5 Å². The molecular weight excluding hydrogens is 398 g/mol. The second kappa shape index (κ2) is 8.73. The molecule has 0 bridgehead atoms. The first-order chi connectivity index (χ1) is 15.2.